The molecule has 2 rings (SSSR count). The predicted molar refractivity (Wildman–Crippen MR) is 73.3 cm³/mol. The molecule has 0 bridgehead atoms. The molecule has 1 aromatic rings. The van der Waals surface area contributed by atoms with Crippen molar-refractivity contribution in [2.24, 2.45) is 0 Å². The topological polar surface area (TPSA) is 89.9 Å². The Kier molecular flexibility index (Phi) is 4.36. The van der Waals surface area contributed by atoms with Crippen LogP contribution in [0.5, 0.6) is 0 Å². The van der Waals surface area contributed by atoms with Crippen molar-refractivity contribution in [3.63, 3.8) is 0 Å². The molecule has 2 amide bonds. The van der Waals surface area contributed by atoms with Gasteiger partial charge in [-0.2, -0.15) is 0 Å². The van der Waals surface area contributed by atoms with Crippen molar-refractivity contribution in [3.8, 4) is 0 Å². The van der Waals surface area contributed by atoms with E-state index in [1.165, 1.54) is 11.8 Å². The monoisotopic (exact) mass is 278 g/mol. The molecule has 1 saturated heterocycles. The average Bonchev–Trinajstić information content (AvgIpc) is 2.79. The van der Waals surface area contributed by atoms with Crippen LogP contribution in [0.25, 0.3) is 0 Å². The maximum atomic E-state index is 12.3. The zero-order chi connectivity index (χ0) is 14.7. The van der Waals surface area contributed by atoms with Crippen molar-refractivity contribution in [1.29, 1.82) is 0 Å². The van der Waals surface area contributed by atoms with E-state index < -0.39 is 6.10 Å². The van der Waals surface area contributed by atoms with Crippen molar-refractivity contribution in [1.82, 2.24) is 4.90 Å². The van der Waals surface area contributed by atoms with Crippen molar-refractivity contribution in [2.45, 2.75) is 25.5 Å². The van der Waals surface area contributed by atoms with Crippen LogP contribution in [0.15, 0.2) is 24.3 Å². The van der Waals surface area contributed by atoms with Crippen LogP contribution in [0.3, 0.4) is 0 Å². The van der Waals surface area contributed by atoms with Gasteiger partial charge in [-0.3, -0.25) is 9.59 Å². The summed E-state index contributed by atoms with van der Waals surface area (Å²) in [5.41, 5.74) is 1.08. The van der Waals surface area contributed by atoms with E-state index in [4.69, 9.17) is 0 Å². The summed E-state index contributed by atoms with van der Waals surface area (Å²) in [6.07, 6.45) is -0.193. The Balaban J connectivity index is 2.11. The third-order valence-corrected chi connectivity index (χ3v) is 3.32. The maximum Gasteiger partial charge on any atom is 0.254 e. The molecule has 3 N–H and O–H groups in total. The van der Waals surface area contributed by atoms with E-state index in [1.54, 1.807) is 24.3 Å². The molecule has 108 valence electrons. The fraction of sp³-hybridized carbons (Fsp3) is 0.429. The molecule has 1 aliphatic heterocycles. The van der Waals surface area contributed by atoms with Crippen LogP contribution in [0.2, 0.25) is 0 Å². The SMILES string of the molecule is CC(=O)Nc1ccc(C(=O)N2CC(O)C[C@H]2CO)cc1. The Bertz CT molecular complexity index is 500. The standard InChI is InChI=1S/C14H18N2O4/c1-9(18)15-11-4-2-10(3-5-11)14(20)16-7-13(19)6-12(16)8-17/h2-5,12-13,17,19H,6-8H2,1H3,(H,15,18)/t12-,13?/m0/s1. The van der Waals surface area contributed by atoms with Crippen molar-refractivity contribution in [3.05, 3.63) is 29.8 Å². The Morgan fingerprint density at radius 1 is 1.35 bits per heavy atom. The highest BCUT2D eigenvalue weighted by molar-refractivity contribution is 5.95. The van der Waals surface area contributed by atoms with E-state index in [0.29, 0.717) is 17.7 Å². The van der Waals surface area contributed by atoms with E-state index in [2.05, 4.69) is 5.32 Å². The summed E-state index contributed by atoms with van der Waals surface area (Å²) in [4.78, 5) is 24.7. The van der Waals surface area contributed by atoms with Crippen LogP contribution < -0.4 is 5.32 Å². The number of hydrogen-bond acceptors (Lipinski definition) is 4. The molecule has 1 unspecified atom stereocenters. The lowest BCUT2D eigenvalue weighted by atomic mass is 10.1. The minimum absolute atomic E-state index is 0.160. The fourth-order valence-electron chi connectivity index (χ4n) is 2.38. The van der Waals surface area contributed by atoms with Gasteiger partial charge in [0.2, 0.25) is 5.91 Å². The highest BCUT2D eigenvalue weighted by Crippen LogP contribution is 2.21. The van der Waals surface area contributed by atoms with E-state index >= 15 is 0 Å². The lowest BCUT2D eigenvalue weighted by molar-refractivity contribution is -0.114. The van der Waals surface area contributed by atoms with Crippen LogP contribution in [-0.2, 0) is 4.79 Å². The number of likely N-dealkylation sites (tertiary alicyclic amines) is 1. The number of benzene rings is 1. The van der Waals surface area contributed by atoms with Crippen molar-refractivity contribution < 1.29 is 19.8 Å². The van der Waals surface area contributed by atoms with Crippen LogP contribution in [0.4, 0.5) is 5.69 Å². The molecule has 0 spiro atoms. The number of β-amino-alcohol motifs (C(OH)–C–C–N with tert-alkyl or cyclic N) is 1. The lowest BCUT2D eigenvalue weighted by Crippen LogP contribution is -2.37. The number of amides is 2. The number of carbonyl (C=O) groups is 2. The number of carbonyl (C=O) groups excluding carboxylic acids is 2. The molecule has 6 heteroatoms. The average molecular weight is 278 g/mol. The summed E-state index contributed by atoms with van der Waals surface area (Å²) in [7, 11) is 0. The summed E-state index contributed by atoms with van der Waals surface area (Å²) in [5.74, 6) is -0.401. The molecule has 1 heterocycles. The first-order valence-corrected chi connectivity index (χ1v) is 6.49. The molecular formula is C14H18N2O4. The van der Waals surface area contributed by atoms with E-state index in [-0.39, 0.29) is 31.0 Å². The Labute approximate surface area is 117 Å². The van der Waals surface area contributed by atoms with Gasteiger partial charge in [0.25, 0.3) is 5.91 Å². The first kappa shape index (κ1) is 14.5. The molecule has 0 radical (unpaired) electrons. The number of nitrogens with zero attached hydrogens (tertiary/aromatic N) is 1. The highest BCUT2D eigenvalue weighted by Gasteiger charge is 2.34. The third-order valence-electron chi connectivity index (χ3n) is 3.32. The first-order chi connectivity index (χ1) is 9.51. The van der Waals surface area contributed by atoms with Gasteiger partial charge >= 0.3 is 0 Å². The molecule has 0 aliphatic carbocycles. The second-order valence-corrected chi connectivity index (χ2v) is 4.94. The second-order valence-electron chi connectivity index (χ2n) is 4.94. The van der Waals surface area contributed by atoms with Crippen molar-refractivity contribution in [2.75, 3.05) is 18.5 Å². The van der Waals surface area contributed by atoms with Gasteiger partial charge in [0.1, 0.15) is 0 Å². The third kappa shape index (κ3) is 3.15. The molecule has 20 heavy (non-hydrogen) atoms. The van der Waals surface area contributed by atoms with Crippen LogP contribution in [0.1, 0.15) is 23.7 Å². The highest BCUT2D eigenvalue weighted by atomic mass is 16.3. The lowest BCUT2D eigenvalue weighted by Gasteiger charge is -2.22. The van der Waals surface area contributed by atoms with Crippen LogP contribution in [-0.4, -0.2) is 52.2 Å². The fourth-order valence-corrected chi connectivity index (χ4v) is 2.38. The van der Waals surface area contributed by atoms with Gasteiger partial charge < -0.3 is 20.4 Å². The zero-order valence-electron chi connectivity index (χ0n) is 11.2. The summed E-state index contributed by atoms with van der Waals surface area (Å²) < 4.78 is 0. The van der Waals surface area contributed by atoms with Gasteiger partial charge in [0.05, 0.1) is 18.8 Å². The molecule has 0 aromatic heterocycles. The summed E-state index contributed by atoms with van der Waals surface area (Å²) in [6, 6.07) is 6.19. The zero-order valence-corrected chi connectivity index (χ0v) is 11.2. The maximum absolute atomic E-state index is 12.3. The molecule has 2 atom stereocenters. The first-order valence-electron chi connectivity index (χ1n) is 6.49. The molecule has 1 fully saturated rings. The van der Waals surface area contributed by atoms with Gasteiger partial charge in [-0.25, -0.2) is 0 Å². The Morgan fingerprint density at radius 3 is 2.55 bits per heavy atom. The molecular weight excluding hydrogens is 260 g/mol. The van der Waals surface area contributed by atoms with E-state index in [1.807, 2.05) is 0 Å². The van der Waals surface area contributed by atoms with Gasteiger partial charge in [-0.15, -0.1) is 0 Å². The number of rotatable bonds is 3. The predicted octanol–water partition coefficient (Wildman–Crippen LogP) is 0.213. The van der Waals surface area contributed by atoms with E-state index in [9.17, 15) is 19.8 Å². The summed E-state index contributed by atoms with van der Waals surface area (Å²) in [6.45, 7) is 1.49. The van der Waals surface area contributed by atoms with Crippen molar-refractivity contribution >= 4 is 17.5 Å². The van der Waals surface area contributed by atoms with Gasteiger partial charge in [0.15, 0.2) is 0 Å². The van der Waals surface area contributed by atoms with Gasteiger partial charge in [-0.05, 0) is 30.7 Å². The van der Waals surface area contributed by atoms with Crippen LogP contribution in [0, 0.1) is 0 Å². The smallest absolute Gasteiger partial charge is 0.254 e. The number of nitrogens with one attached hydrogen (secondary N) is 1. The molecule has 1 aliphatic rings. The number of anilines is 1. The summed E-state index contributed by atoms with van der Waals surface area (Å²) >= 11 is 0. The van der Waals surface area contributed by atoms with Gasteiger partial charge in [0, 0.05) is 24.7 Å². The largest absolute Gasteiger partial charge is 0.394 e. The Morgan fingerprint density at radius 2 is 2.00 bits per heavy atom. The second kappa shape index (κ2) is 6.02. The Hall–Kier alpha value is -1.92. The minimum atomic E-state index is -0.588. The van der Waals surface area contributed by atoms with E-state index in [0.717, 1.165) is 0 Å². The quantitative estimate of drug-likeness (QED) is 0.737. The number of hydrogen-bond donors (Lipinski definition) is 3. The molecule has 1 aromatic carbocycles. The number of aliphatic hydroxyl groups is 2. The van der Waals surface area contributed by atoms with Gasteiger partial charge in [-0.1, -0.05) is 0 Å². The number of aliphatic hydroxyl groups excluding tert-OH is 2. The van der Waals surface area contributed by atoms with Crippen LogP contribution >= 0.6 is 0 Å². The minimum Gasteiger partial charge on any atom is -0.394 e. The normalized spacial score (nSPS) is 21.9. The molecule has 6 nitrogen and oxygen atoms in total. The molecule has 0 saturated carbocycles. The summed E-state index contributed by atoms with van der Waals surface area (Å²) in [5, 5.41) is 21.5.